The Bertz CT molecular complexity index is 1520. The maximum Gasteiger partial charge on any atom is 0.417 e. The van der Waals surface area contributed by atoms with Crippen LogP contribution < -0.4 is 11.1 Å². The van der Waals surface area contributed by atoms with Gasteiger partial charge in [0.25, 0.3) is 11.8 Å². The summed E-state index contributed by atoms with van der Waals surface area (Å²) in [6, 6.07) is 12.6. The van der Waals surface area contributed by atoms with Crippen molar-refractivity contribution in [3.8, 4) is 5.69 Å². The first-order chi connectivity index (χ1) is 17.5. The third-order valence-electron chi connectivity index (χ3n) is 5.84. The van der Waals surface area contributed by atoms with Gasteiger partial charge in [-0.25, -0.2) is 4.98 Å². The number of anilines is 1. The molecule has 2 amide bonds. The summed E-state index contributed by atoms with van der Waals surface area (Å²) in [6.45, 7) is 2.14. The number of amides is 2. The number of hydrogen-bond donors (Lipinski definition) is 2. The number of benzene rings is 3. The number of methoxy groups -OCH3 is 1. The van der Waals surface area contributed by atoms with Crippen LogP contribution in [0.3, 0.4) is 0 Å². The van der Waals surface area contributed by atoms with E-state index in [0.29, 0.717) is 35.1 Å². The van der Waals surface area contributed by atoms with Gasteiger partial charge >= 0.3 is 6.18 Å². The molecule has 0 bridgehead atoms. The zero-order valence-corrected chi connectivity index (χ0v) is 20.6. The molecule has 11 heteroatoms. The van der Waals surface area contributed by atoms with Gasteiger partial charge < -0.3 is 15.8 Å². The number of primary amides is 1. The Morgan fingerprint density at radius 3 is 2.51 bits per heavy atom. The molecule has 0 saturated carbocycles. The molecule has 1 aromatic heterocycles. The molecule has 7 nitrogen and oxygen atoms in total. The Labute approximate surface area is 215 Å². The fraction of sp³-hybridized carbons (Fsp3) is 0.192. The van der Waals surface area contributed by atoms with E-state index in [1.807, 2.05) is 13.0 Å². The standard InChI is InChI=1S/C26H22ClF3N4O3/c1-14-19(27)8-5-9-20(14)34-21-13-15(12-17(24(31)35)23(21)33-22(34)10-11-37-2)32-25(36)16-6-3-4-7-18(16)26(28,29)30/h3-9,12-13H,10-11H2,1-2H3,(H2,31,35)(H,32,36). The molecular weight excluding hydrogens is 509 g/mol. The van der Waals surface area contributed by atoms with Crippen molar-refractivity contribution in [1.29, 1.82) is 0 Å². The van der Waals surface area contributed by atoms with E-state index in [1.54, 1.807) is 23.8 Å². The number of imidazole rings is 1. The lowest BCUT2D eigenvalue weighted by Gasteiger charge is -2.15. The first-order valence-electron chi connectivity index (χ1n) is 11.1. The highest BCUT2D eigenvalue weighted by atomic mass is 35.5. The minimum atomic E-state index is -4.73. The van der Waals surface area contributed by atoms with E-state index in [4.69, 9.17) is 22.1 Å². The average Bonchev–Trinajstić information content (AvgIpc) is 3.21. The van der Waals surface area contributed by atoms with Gasteiger partial charge in [-0.15, -0.1) is 0 Å². The van der Waals surface area contributed by atoms with E-state index < -0.39 is 29.1 Å². The van der Waals surface area contributed by atoms with Gasteiger partial charge in [0.15, 0.2) is 0 Å². The third-order valence-corrected chi connectivity index (χ3v) is 6.25. The number of carbonyl (C=O) groups is 2. The summed E-state index contributed by atoms with van der Waals surface area (Å²) >= 11 is 6.36. The van der Waals surface area contributed by atoms with Crippen molar-refractivity contribution in [2.45, 2.75) is 19.5 Å². The van der Waals surface area contributed by atoms with E-state index >= 15 is 0 Å². The largest absolute Gasteiger partial charge is 0.417 e. The highest BCUT2D eigenvalue weighted by molar-refractivity contribution is 6.31. The number of nitrogens with one attached hydrogen (secondary N) is 1. The number of rotatable bonds is 7. The highest BCUT2D eigenvalue weighted by Crippen LogP contribution is 2.34. The number of aromatic nitrogens is 2. The van der Waals surface area contributed by atoms with Crippen molar-refractivity contribution in [3.05, 3.63) is 87.7 Å². The molecule has 4 aromatic rings. The lowest BCUT2D eigenvalue weighted by atomic mass is 10.1. The van der Waals surface area contributed by atoms with Gasteiger partial charge in [-0.05, 0) is 48.9 Å². The van der Waals surface area contributed by atoms with E-state index in [9.17, 15) is 22.8 Å². The van der Waals surface area contributed by atoms with Crippen LogP contribution in [0.5, 0.6) is 0 Å². The number of fused-ring (bicyclic) bond motifs is 1. The summed E-state index contributed by atoms with van der Waals surface area (Å²) in [5.41, 5.74) is 6.14. The topological polar surface area (TPSA) is 99.2 Å². The number of nitrogens with zero attached hydrogens (tertiary/aromatic N) is 2. The quantitative estimate of drug-likeness (QED) is 0.327. The molecule has 0 saturated heterocycles. The van der Waals surface area contributed by atoms with Gasteiger partial charge in [0.05, 0.1) is 34.5 Å². The summed E-state index contributed by atoms with van der Waals surface area (Å²) in [6.07, 6.45) is -4.36. The fourth-order valence-corrected chi connectivity index (χ4v) is 4.25. The minimum Gasteiger partial charge on any atom is -0.384 e. The predicted molar refractivity (Wildman–Crippen MR) is 134 cm³/mol. The van der Waals surface area contributed by atoms with Gasteiger partial charge in [-0.3, -0.25) is 14.2 Å². The Morgan fingerprint density at radius 1 is 1.11 bits per heavy atom. The second-order valence-corrected chi connectivity index (χ2v) is 8.65. The molecular formula is C26H22ClF3N4O3. The van der Waals surface area contributed by atoms with E-state index in [-0.39, 0.29) is 16.8 Å². The summed E-state index contributed by atoms with van der Waals surface area (Å²) in [7, 11) is 1.54. The zero-order valence-electron chi connectivity index (χ0n) is 19.8. The van der Waals surface area contributed by atoms with Crippen LogP contribution in [0.15, 0.2) is 54.6 Å². The summed E-state index contributed by atoms with van der Waals surface area (Å²) in [4.78, 5) is 29.9. The normalized spacial score (nSPS) is 11.6. The summed E-state index contributed by atoms with van der Waals surface area (Å²) in [5.74, 6) is -1.27. The van der Waals surface area contributed by atoms with Crippen LogP contribution in [0.4, 0.5) is 18.9 Å². The fourth-order valence-electron chi connectivity index (χ4n) is 4.08. The smallest absolute Gasteiger partial charge is 0.384 e. The summed E-state index contributed by atoms with van der Waals surface area (Å²) in [5, 5.41) is 2.98. The van der Waals surface area contributed by atoms with Gasteiger partial charge in [0.1, 0.15) is 11.3 Å². The first kappa shape index (κ1) is 26.2. The van der Waals surface area contributed by atoms with E-state index in [1.165, 1.54) is 24.3 Å². The van der Waals surface area contributed by atoms with Crippen LogP contribution in [0.1, 0.15) is 37.7 Å². The van der Waals surface area contributed by atoms with Crippen molar-refractivity contribution in [1.82, 2.24) is 9.55 Å². The van der Waals surface area contributed by atoms with Gasteiger partial charge in [-0.2, -0.15) is 13.2 Å². The summed E-state index contributed by atoms with van der Waals surface area (Å²) < 4.78 is 47.4. The molecule has 0 unspecified atom stereocenters. The molecule has 1 heterocycles. The predicted octanol–water partition coefficient (Wildman–Crippen LogP) is 5.55. The van der Waals surface area contributed by atoms with Gasteiger partial charge in [-0.1, -0.05) is 29.8 Å². The minimum absolute atomic E-state index is 0.00555. The van der Waals surface area contributed by atoms with Crippen molar-refractivity contribution < 1.29 is 27.5 Å². The first-order valence-corrected chi connectivity index (χ1v) is 11.5. The molecule has 0 aliphatic rings. The second-order valence-electron chi connectivity index (χ2n) is 8.24. The Hall–Kier alpha value is -3.89. The molecule has 0 radical (unpaired) electrons. The van der Waals surface area contributed by atoms with Crippen molar-refractivity contribution in [3.63, 3.8) is 0 Å². The number of alkyl halides is 3. The van der Waals surface area contributed by atoms with Crippen molar-refractivity contribution >= 4 is 40.1 Å². The van der Waals surface area contributed by atoms with Crippen molar-refractivity contribution in [2.24, 2.45) is 5.73 Å². The van der Waals surface area contributed by atoms with Crippen LogP contribution >= 0.6 is 11.6 Å². The third kappa shape index (κ3) is 5.16. The molecule has 0 fully saturated rings. The van der Waals surface area contributed by atoms with Crippen LogP contribution in [-0.4, -0.2) is 35.1 Å². The molecule has 3 aromatic carbocycles. The highest BCUT2D eigenvalue weighted by Gasteiger charge is 2.35. The lowest BCUT2D eigenvalue weighted by Crippen LogP contribution is -2.19. The Balaban J connectivity index is 1.91. The number of halogens is 4. The lowest BCUT2D eigenvalue weighted by molar-refractivity contribution is -0.137. The van der Waals surface area contributed by atoms with E-state index in [0.717, 1.165) is 17.7 Å². The SMILES string of the molecule is COCCc1nc2c(C(N)=O)cc(NC(=O)c3ccccc3C(F)(F)F)cc2n1-c1cccc(Cl)c1C. The van der Waals surface area contributed by atoms with Crippen molar-refractivity contribution in [2.75, 3.05) is 19.0 Å². The maximum absolute atomic E-state index is 13.5. The van der Waals surface area contributed by atoms with Crippen LogP contribution in [0.25, 0.3) is 16.7 Å². The second kappa shape index (κ2) is 10.2. The van der Waals surface area contributed by atoms with Gasteiger partial charge in [0.2, 0.25) is 0 Å². The van der Waals surface area contributed by atoms with Crippen LogP contribution in [-0.2, 0) is 17.3 Å². The zero-order chi connectivity index (χ0) is 26.9. The monoisotopic (exact) mass is 530 g/mol. The van der Waals surface area contributed by atoms with Crippen LogP contribution in [0, 0.1) is 6.92 Å². The molecule has 192 valence electrons. The maximum atomic E-state index is 13.5. The number of carbonyl (C=O) groups excluding carboxylic acids is 2. The Morgan fingerprint density at radius 2 is 1.84 bits per heavy atom. The van der Waals surface area contributed by atoms with Crippen LogP contribution in [0.2, 0.25) is 5.02 Å². The molecule has 37 heavy (non-hydrogen) atoms. The molecule has 3 N–H and O–H groups in total. The average molecular weight is 531 g/mol. The molecule has 0 aliphatic heterocycles. The Kier molecular flexibility index (Phi) is 7.24. The number of hydrogen-bond acceptors (Lipinski definition) is 4. The number of nitrogens with two attached hydrogens (primary N) is 1. The van der Waals surface area contributed by atoms with Gasteiger partial charge in [0, 0.05) is 24.2 Å². The molecule has 4 rings (SSSR count). The van der Waals surface area contributed by atoms with E-state index in [2.05, 4.69) is 10.3 Å². The molecule has 0 aliphatic carbocycles. The molecule has 0 atom stereocenters. The number of ether oxygens (including phenoxy) is 1. The molecule has 0 spiro atoms.